The molecule has 98 valence electrons. The van der Waals surface area contributed by atoms with Crippen LogP contribution in [0.4, 0.5) is 0 Å². The number of nitrogens with one attached hydrogen (secondary N) is 1. The quantitative estimate of drug-likeness (QED) is 0.752. The van der Waals surface area contributed by atoms with Gasteiger partial charge in [-0.2, -0.15) is 10.2 Å². The first kappa shape index (κ1) is 12.8. The molecule has 0 aliphatic carbocycles. The Morgan fingerprint density at radius 3 is 3.00 bits per heavy atom. The Hall–Kier alpha value is -1.62. The molecule has 0 saturated carbocycles. The fraction of sp³-hybridized carbons (Fsp3) is 0.538. The standard InChI is InChI=1S/C13H21N5/c1-3-13-12(11-17(2)16-13)10-14-6-4-8-18-9-5-7-15-18/h5,7,9,11,14H,3-4,6,8,10H2,1-2H3. The van der Waals surface area contributed by atoms with Crippen LogP contribution < -0.4 is 5.32 Å². The van der Waals surface area contributed by atoms with Crippen LogP contribution in [0.5, 0.6) is 0 Å². The average molecular weight is 247 g/mol. The van der Waals surface area contributed by atoms with Gasteiger partial charge in [-0.15, -0.1) is 0 Å². The number of nitrogens with zero attached hydrogens (tertiary/aromatic N) is 4. The molecule has 0 unspecified atom stereocenters. The number of hydrogen-bond acceptors (Lipinski definition) is 3. The van der Waals surface area contributed by atoms with Crippen LogP contribution >= 0.6 is 0 Å². The van der Waals surface area contributed by atoms with Crippen molar-refractivity contribution in [3.8, 4) is 0 Å². The summed E-state index contributed by atoms with van der Waals surface area (Å²) in [4.78, 5) is 0. The highest BCUT2D eigenvalue weighted by molar-refractivity contribution is 5.16. The molecule has 0 amide bonds. The van der Waals surface area contributed by atoms with E-state index in [1.165, 1.54) is 11.3 Å². The minimum Gasteiger partial charge on any atom is -0.312 e. The third kappa shape index (κ3) is 3.43. The second-order valence-corrected chi connectivity index (χ2v) is 4.43. The lowest BCUT2D eigenvalue weighted by Gasteiger charge is -2.04. The molecule has 5 heteroatoms. The van der Waals surface area contributed by atoms with Crippen LogP contribution in [0.3, 0.4) is 0 Å². The van der Waals surface area contributed by atoms with E-state index in [1.54, 1.807) is 0 Å². The minimum atomic E-state index is 0.899. The van der Waals surface area contributed by atoms with Crippen molar-refractivity contribution in [2.75, 3.05) is 6.54 Å². The smallest absolute Gasteiger partial charge is 0.0666 e. The third-order valence-corrected chi connectivity index (χ3v) is 2.94. The predicted molar refractivity (Wildman–Crippen MR) is 71.1 cm³/mol. The van der Waals surface area contributed by atoms with E-state index in [1.807, 2.05) is 34.9 Å². The van der Waals surface area contributed by atoms with Crippen LogP contribution in [-0.2, 0) is 26.6 Å². The zero-order chi connectivity index (χ0) is 12.8. The second kappa shape index (κ2) is 6.35. The van der Waals surface area contributed by atoms with Crippen molar-refractivity contribution in [1.82, 2.24) is 24.9 Å². The molecule has 5 nitrogen and oxygen atoms in total. The Balaban J connectivity index is 1.68. The number of rotatable bonds is 7. The number of aromatic nitrogens is 4. The van der Waals surface area contributed by atoms with E-state index in [0.29, 0.717) is 0 Å². The van der Waals surface area contributed by atoms with Crippen LogP contribution in [0, 0.1) is 0 Å². The van der Waals surface area contributed by atoms with Crippen LogP contribution in [0.1, 0.15) is 24.6 Å². The molecule has 0 radical (unpaired) electrons. The molecule has 18 heavy (non-hydrogen) atoms. The fourth-order valence-electron chi connectivity index (χ4n) is 2.05. The average Bonchev–Trinajstić information content (AvgIpc) is 2.98. The molecule has 0 aromatic carbocycles. The first-order valence-corrected chi connectivity index (χ1v) is 6.49. The summed E-state index contributed by atoms with van der Waals surface area (Å²) in [7, 11) is 1.97. The second-order valence-electron chi connectivity index (χ2n) is 4.43. The van der Waals surface area contributed by atoms with Gasteiger partial charge in [0, 0.05) is 44.3 Å². The van der Waals surface area contributed by atoms with Gasteiger partial charge in [0.25, 0.3) is 0 Å². The largest absolute Gasteiger partial charge is 0.312 e. The van der Waals surface area contributed by atoms with Gasteiger partial charge in [-0.05, 0) is 25.5 Å². The molecule has 2 rings (SSSR count). The van der Waals surface area contributed by atoms with Crippen LogP contribution in [0.15, 0.2) is 24.7 Å². The highest BCUT2D eigenvalue weighted by atomic mass is 15.3. The van der Waals surface area contributed by atoms with E-state index in [4.69, 9.17) is 0 Å². The van der Waals surface area contributed by atoms with Crippen molar-refractivity contribution in [3.05, 3.63) is 35.9 Å². The topological polar surface area (TPSA) is 47.7 Å². The molecular weight excluding hydrogens is 226 g/mol. The summed E-state index contributed by atoms with van der Waals surface area (Å²) in [5.41, 5.74) is 2.50. The first-order chi connectivity index (χ1) is 8.79. The minimum absolute atomic E-state index is 0.899. The van der Waals surface area contributed by atoms with Crippen LogP contribution in [0.2, 0.25) is 0 Å². The van der Waals surface area contributed by atoms with E-state index in [2.05, 4.69) is 28.6 Å². The maximum atomic E-state index is 4.43. The molecule has 0 aliphatic heterocycles. The van der Waals surface area contributed by atoms with Gasteiger partial charge in [0.15, 0.2) is 0 Å². The Morgan fingerprint density at radius 2 is 2.28 bits per heavy atom. The van der Waals surface area contributed by atoms with Gasteiger partial charge >= 0.3 is 0 Å². The summed E-state index contributed by atoms with van der Waals surface area (Å²) in [5, 5.41) is 12.1. The van der Waals surface area contributed by atoms with Gasteiger partial charge in [-0.3, -0.25) is 9.36 Å². The molecule has 0 spiro atoms. The van der Waals surface area contributed by atoms with Crippen molar-refractivity contribution in [3.63, 3.8) is 0 Å². The summed E-state index contributed by atoms with van der Waals surface area (Å²) in [6.45, 7) is 5.01. The van der Waals surface area contributed by atoms with Crippen molar-refractivity contribution in [2.24, 2.45) is 7.05 Å². The first-order valence-electron chi connectivity index (χ1n) is 6.49. The summed E-state index contributed by atoms with van der Waals surface area (Å²) in [6, 6.07) is 1.95. The van der Waals surface area contributed by atoms with Gasteiger partial charge in [-0.1, -0.05) is 6.92 Å². The van der Waals surface area contributed by atoms with Gasteiger partial charge in [-0.25, -0.2) is 0 Å². The summed E-state index contributed by atoms with van der Waals surface area (Å²) < 4.78 is 3.85. The Labute approximate surface area is 108 Å². The highest BCUT2D eigenvalue weighted by Crippen LogP contribution is 2.06. The highest BCUT2D eigenvalue weighted by Gasteiger charge is 2.04. The van der Waals surface area contributed by atoms with Crippen molar-refractivity contribution in [1.29, 1.82) is 0 Å². The molecule has 2 aromatic heterocycles. The molecule has 0 fully saturated rings. The molecule has 0 atom stereocenters. The molecule has 0 saturated heterocycles. The van der Waals surface area contributed by atoms with Crippen molar-refractivity contribution >= 4 is 0 Å². The van der Waals surface area contributed by atoms with Crippen LogP contribution in [0.25, 0.3) is 0 Å². The Bertz CT molecular complexity index is 458. The number of aryl methyl sites for hydroxylation is 3. The van der Waals surface area contributed by atoms with Gasteiger partial charge in [0.1, 0.15) is 0 Å². The van der Waals surface area contributed by atoms with E-state index < -0.39 is 0 Å². The summed E-state index contributed by atoms with van der Waals surface area (Å²) >= 11 is 0. The molecular formula is C13H21N5. The fourth-order valence-corrected chi connectivity index (χ4v) is 2.05. The molecule has 0 aliphatic rings. The monoisotopic (exact) mass is 247 g/mol. The zero-order valence-corrected chi connectivity index (χ0v) is 11.1. The molecule has 2 heterocycles. The van der Waals surface area contributed by atoms with E-state index in [0.717, 1.165) is 32.5 Å². The molecule has 1 N–H and O–H groups in total. The Morgan fingerprint density at radius 1 is 1.39 bits per heavy atom. The van der Waals surface area contributed by atoms with Crippen molar-refractivity contribution < 1.29 is 0 Å². The number of hydrogen-bond donors (Lipinski definition) is 1. The maximum absolute atomic E-state index is 4.43. The maximum Gasteiger partial charge on any atom is 0.0666 e. The lowest BCUT2D eigenvalue weighted by Crippen LogP contribution is -2.17. The van der Waals surface area contributed by atoms with Gasteiger partial charge < -0.3 is 5.32 Å². The summed E-state index contributed by atoms with van der Waals surface area (Å²) in [6.07, 6.45) is 7.99. The van der Waals surface area contributed by atoms with E-state index in [9.17, 15) is 0 Å². The van der Waals surface area contributed by atoms with E-state index >= 15 is 0 Å². The molecule has 0 bridgehead atoms. The van der Waals surface area contributed by atoms with E-state index in [-0.39, 0.29) is 0 Å². The Kier molecular flexibility index (Phi) is 4.52. The zero-order valence-electron chi connectivity index (χ0n) is 11.1. The third-order valence-electron chi connectivity index (χ3n) is 2.94. The lowest BCUT2D eigenvalue weighted by atomic mass is 10.2. The van der Waals surface area contributed by atoms with Gasteiger partial charge in [0.2, 0.25) is 0 Å². The predicted octanol–water partition coefficient (Wildman–Crippen LogP) is 1.36. The van der Waals surface area contributed by atoms with Crippen LogP contribution in [-0.4, -0.2) is 26.1 Å². The SMILES string of the molecule is CCc1nn(C)cc1CNCCCn1cccn1. The summed E-state index contributed by atoms with van der Waals surface area (Å²) in [5.74, 6) is 0. The van der Waals surface area contributed by atoms with Crippen molar-refractivity contribution in [2.45, 2.75) is 32.9 Å². The molecule has 2 aromatic rings. The normalized spacial score (nSPS) is 11.0. The lowest BCUT2D eigenvalue weighted by molar-refractivity contribution is 0.542. The van der Waals surface area contributed by atoms with Gasteiger partial charge in [0.05, 0.1) is 5.69 Å².